The lowest BCUT2D eigenvalue weighted by Gasteiger charge is -2.34. The fourth-order valence-corrected chi connectivity index (χ4v) is 4.68. The van der Waals surface area contributed by atoms with Gasteiger partial charge < -0.3 is 9.69 Å². The van der Waals surface area contributed by atoms with Crippen LogP contribution in [0.1, 0.15) is 37.2 Å². The van der Waals surface area contributed by atoms with Crippen molar-refractivity contribution in [3.8, 4) is 0 Å². The van der Waals surface area contributed by atoms with Crippen LogP contribution in [-0.2, 0) is 14.4 Å². The van der Waals surface area contributed by atoms with Gasteiger partial charge in [-0.3, -0.25) is 14.9 Å². The maximum Gasteiger partial charge on any atom is 0.234 e. The third-order valence-electron chi connectivity index (χ3n) is 5.91. The summed E-state index contributed by atoms with van der Waals surface area (Å²) in [4.78, 5) is 36.4. The Labute approximate surface area is 145 Å². The molecule has 1 saturated carbocycles. The van der Waals surface area contributed by atoms with Crippen LogP contribution in [0, 0.1) is 23.6 Å². The molecule has 4 atom stereocenters. The fraction of sp³-hybridized carbons (Fsp3) is 0.526. The number of fused-ring (bicyclic) bond motifs is 2. The van der Waals surface area contributed by atoms with E-state index in [2.05, 4.69) is 5.32 Å². The van der Waals surface area contributed by atoms with Gasteiger partial charge in [-0.1, -0.05) is 6.07 Å². The van der Waals surface area contributed by atoms with Crippen molar-refractivity contribution in [3.63, 3.8) is 0 Å². The highest BCUT2D eigenvalue weighted by molar-refractivity contribution is 6.00. The molecule has 1 aliphatic carbocycles. The summed E-state index contributed by atoms with van der Waals surface area (Å²) >= 11 is 0. The molecule has 2 bridgehead atoms. The van der Waals surface area contributed by atoms with E-state index in [1.165, 1.54) is 6.07 Å². The van der Waals surface area contributed by atoms with Crippen LogP contribution in [0.4, 0.5) is 10.1 Å². The Balaban J connectivity index is 1.54. The molecule has 3 fully saturated rings. The average molecular weight is 344 g/mol. The third-order valence-corrected chi connectivity index (χ3v) is 5.91. The summed E-state index contributed by atoms with van der Waals surface area (Å²) < 4.78 is 14.7. The third kappa shape index (κ3) is 2.94. The second kappa shape index (κ2) is 6.24. The summed E-state index contributed by atoms with van der Waals surface area (Å²) in [6.45, 7) is 1.48. The summed E-state index contributed by atoms with van der Waals surface area (Å²) in [7, 11) is 0. The zero-order valence-electron chi connectivity index (χ0n) is 13.9. The summed E-state index contributed by atoms with van der Waals surface area (Å²) in [6, 6.07) is 4.93. The fourth-order valence-electron chi connectivity index (χ4n) is 4.68. The van der Waals surface area contributed by atoms with Crippen molar-refractivity contribution in [2.75, 3.05) is 18.0 Å². The van der Waals surface area contributed by atoms with E-state index < -0.39 is 5.92 Å². The number of nitrogens with zero attached hydrogens (tertiary/aromatic N) is 1. The number of carbonyl (C=O) groups excluding carboxylic acids is 3. The molecule has 25 heavy (non-hydrogen) atoms. The lowest BCUT2D eigenvalue weighted by Crippen LogP contribution is -2.39. The van der Waals surface area contributed by atoms with E-state index >= 15 is 0 Å². The molecular formula is C19H21FN2O3. The van der Waals surface area contributed by atoms with Crippen molar-refractivity contribution < 1.29 is 18.8 Å². The number of piperidine rings is 2. The molecule has 6 heteroatoms. The highest BCUT2D eigenvalue weighted by Gasteiger charge is 2.40. The molecule has 3 unspecified atom stereocenters. The van der Waals surface area contributed by atoms with E-state index in [0.29, 0.717) is 36.1 Å². The minimum Gasteiger partial charge on any atom is -0.369 e. The number of carbonyl (C=O) groups is 3. The van der Waals surface area contributed by atoms with Crippen LogP contribution in [-0.4, -0.2) is 31.2 Å². The number of amides is 2. The lowest BCUT2D eigenvalue weighted by molar-refractivity contribution is -0.134. The first-order valence-corrected chi connectivity index (χ1v) is 8.88. The van der Waals surface area contributed by atoms with E-state index in [1.807, 2.05) is 4.90 Å². The van der Waals surface area contributed by atoms with Gasteiger partial charge in [-0.05, 0) is 48.8 Å². The second-order valence-electron chi connectivity index (χ2n) is 7.52. The maximum atomic E-state index is 14.7. The number of nitrogens with one attached hydrogen (secondary N) is 1. The number of aldehydes is 1. The Kier molecular flexibility index (Phi) is 4.06. The zero-order valence-corrected chi connectivity index (χ0v) is 13.9. The molecule has 5 nitrogen and oxygen atoms in total. The maximum absolute atomic E-state index is 14.7. The Hall–Kier alpha value is -2.24. The van der Waals surface area contributed by atoms with Gasteiger partial charge in [0.2, 0.25) is 11.8 Å². The van der Waals surface area contributed by atoms with Gasteiger partial charge in [-0.2, -0.15) is 0 Å². The molecular weight excluding hydrogens is 323 g/mol. The Morgan fingerprint density at radius 2 is 2.04 bits per heavy atom. The number of rotatable bonds is 3. The van der Waals surface area contributed by atoms with Gasteiger partial charge in [0.1, 0.15) is 12.1 Å². The Morgan fingerprint density at radius 1 is 1.20 bits per heavy atom. The zero-order chi connectivity index (χ0) is 17.6. The minimum atomic E-state index is -0.474. The van der Waals surface area contributed by atoms with Crippen LogP contribution in [0.15, 0.2) is 18.2 Å². The largest absolute Gasteiger partial charge is 0.369 e. The van der Waals surface area contributed by atoms with E-state index in [0.717, 1.165) is 25.7 Å². The molecule has 2 heterocycles. The van der Waals surface area contributed by atoms with Crippen LogP contribution in [0.2, 0.25) is 0 Å². The Bertz CT molecular complexity index is 735. The monoisotopic (exact) mass is 344 g/mol. The van der Waals surface area contributed by atoms with E-state index in [9.17, 15) is 18.8 Å². The molecule has 2 amide bonds. The quantitative estimate of drug-likeness (QED) is 0.673. The van der Waals surface area contributed by atoms with Crippen LogP contribution < -0.4 is 10.2 Å². The lowest BCUT2D eigenvalue weighted by atomic mass is 9.90. The molecule has 0 aromatic heterocycles. The highest BCUT2D eigenvalue weighted by atomic mass is 19.1. The van der Waals surface area contributed by atoms with Gasteiger partial charge in [0.15, 0.2) is 0 Å². The normalized spacial score (nSPS) is 31.8. The van der Waals surface area contributed by atoms with Crippen LogP contribution in [0.5, 0.6) is 0 Å². The molecule has 0 radical (unpaired) electrons. The van der Waals surface area contributed by atoms with Crippen molar-refractivity contribution in [1.29, 1.82) is 0 Å². The van der Waals surface area contributed by atoms with Crippen LogP contribution >= 0.6 is 0 Å². The number of anilines is 1. The van der Waals surface area contributed by atoms with Crippen LogP contribution in [0.3, 0.4) is 0 Å². The molecule has 2 saturated heterocycles. The molecule has 1 N–H and O–H groups in total. The van der Waals surface area contributed by atoms with Crippen molar-refractivity contribution >= 4 is 23.8 Å². The number of benzene rings is 1. The first-order valence-electron chi connectivity index (χ1n) is 8.88. The first kappa shape index (κ1) is 16.2. The predicted octanol–water partition coefficient (Wildman–Crippen LogP) is 2.01. The highest BCUT2D eigenvalue weighted by Crippen LogP contribution is 2.42. The predicted molar refractivity (Wildman–Crippen MR) is 89.5 cm³/mol. The summed E-state index contributed by atoms with van der Waals surface area (Å²) in [5.41, 5.74) is 1.15. The number of imide groups is 1. The molecule has 1 aromatic carbocycles. The van der Waals surface area contributed by atoms with Gasteiger partial charge in [0.05, 0.1) is 11.6 Å². The first-order chi connectivity index (χ1) is 12.0. The van der Waals surface area contributed by atoms with Gasteiger partial charge in [0, 0.05) is 25.4 Å². The average Bonchev–Trinajstić information content (AvgIpc) is 2.88. The van der Waals surface area contributed by atoms with Crippen molar-refractivity contribution in [2.24, 2.45) is 17.8 Å². The summed E-state index contributed by atoms with van der Waals surface area (Å²) in [6.07, 6.45) is 3.70. The standard InChI is InChI=1S/C19H21FN2O3/c20-16-7-12(15-2-4-18(24)21-19(15)25)1-3-17(16)22-8-11-5-13(9-22)14(6-11)10-23/h1,3,7,10-11,13-15H,2,4-6,8-9H2,(H,21,24,25)/t11?,13?,14-,15?/m1/s1. The SMILES string of the molecule is O=C[C@H]1CC2CC1CN(c1ccc(C3CCC(=O)NC3=O)cc1F)C2. The molecule has 1 aromatic rings. The second-order valence-corrected chi connectivity index (χ2v) is 7.52. The number of hydrogen-bond acceptors (Lipinski definition) is 4. The van der Waals surface area contributed by atoms with E-state index in [1.54, 1.807) is 12.1 Å². The van der Waals surface area contributed by atoms with Gasteiger partial charge in [-0.15, -0.1) is 0 Å². The van der Waals surface area contributed by atoms with E-state index in [-0.39, 0.29) is 30.0 Å². The van der Waals surface area contributed by atoms with Gasteiger partial charge in [0.25, 0.3) is 0 Å². The molecule has 0 spiro atoms. The molecule has 4 rings (SSSR count). The number of halogens is 1. The van der Waals surface area contributed by atoms with Gasteiger partial charge >= 0.3 is 0 Å². The van der Waals surface area contributed by atoms with Crippen molar-refractivity contribution in [3.05, 3.63) is 29.6 Å². The molecule has 2 aliphatic heterocycles. The smallest absolute Gasteiger partial charge is 0.234 e. The molecule has 3 aliphatic rings. The number of hydrogen-bond donors (Lipinski definition) is 1. The van der Waals surface area contributed by atoms with Gasteiger partial charge in [-0.25, -0.2) is 4.39 Å². The topological polar surface area (TPSA) is 66.5 Å². The van der Waals surface area contributed by atoms with Crippen molar-refractivity contribution in [1.82, 2.24) is 5.32 Å². The van der Waals surface area contributed by atoms with E-state index in [4.69, 9.17) is 0 Å². The Morgan fingerprint density at radius 3 is 2.76 bits per heavy atom. The van der Waals surface area contributed by atoms with Crippen molar-refractivity contribution in [2.45, 2.75) is 31.6 Å². The minimum absolute atomic E-state index is 0.0980. The van der Waals surface area contributed by atoms with Crippen LogP contribution in [0.25, 0.3) is 0 Å². The molecule has 132 valence electrons. The summed E-state index contributed by atoms with van der Waals surface area (Å²) in [5.74, 6) is -0.584. The summed E-state index contributed by atoms with van der Waals surface area (Å²) in [5, 5.41) is 2.31.